The number of piperidine rings is 1. The minimum atomic E-state index is -1.02. The topological polar surface area (TPSA) is 69.6 Å². The summed E-state index contributed by atoms with van der Waals surface area (Å²) < 4.78 is 0. The zero-order valence-electron chi connectivity index (χ0n) is 12.8. The van der Waals surface area contributed by atoms with Crippen molar-refractivity contribution in [1.29, 1.82) is 0 Å². The second kappa shape index (κ2) is 6.16. The number of urea groups is 1. The van der Waals surface area contributed by atoms with Crippen molar-refractivity contribution in [1.82, 2.24) is 4.90 Å². The van der Waals surface area contributed by atoms with Crippen LogP contribution in [0.5, 0.6) is 0 Å². The second-order valence-corrected chi connectivity index (χ2v) is 5.93. The molecule has 5 heteroatoms. The minimum absolute atomic E-state index is 0.144. The highest BCUT2D eigenvalue weighted by Gasteiger charge is 2.23. The number of benzene rings is 1. The largest absolute Gasteiger partial charge is 0.478 e. The fourth-order valence-corrected chi connectivity index (χ4v) is 2.86. The zero-order valence-corrected chi connectivity index (χ0v) is 12.8. The lowest BCUT2D eigenvalue weighted by atomic mass is 10.0. The molecule has 0 spiro atoms. The number of anilines is 1. The Balaban J connectivity index is 2.22. The van der Waals surface area contributed by atoms with Crippen molar-refractivity contribution in [2.75, 3.05) is 18.4 Å². The summed E-state index contributed by atoms with van der Waals surface area (Å²) in [5.74, 6) is -0.535. The third-order valence-electron chi connectivity index (χ3n) is 3.89. The van der Waals surface area contributed by atoms with Crippen molar-refractivity contribution in [3.63, 3.8) is 0 Å². The van der Waals surface area contributed by atoms with E-state index < -0.39 is 5.97 Å². The number of hydrogen-bond acceptors (Lipinski definition) is 2. The molecule has 1 aromatic carbocycles. The molecule has 1 fully saturated rings. The molecular weight excluding hydrogens is 268 g/mol. The number of hydrogen-bond donors (Lipinski definition) is 2. The quantitative estimate of drug-likeness (QED) is 0.878. The summed E-state index contributed by atoms with van der Waals surface area (Å²) in [5, 5.41) is 12.1. The van der Waals surface area contributed by atoms with E-state index in [9.17, 15) is 14.7 Å². The Morgan fingerprint density at radius 1 is 1.33 bits per heavy atom. The number of aromatic carboxylic acids is 1. The van der Waals surface area contributed by atoms with Crippen LogP contribution in [0.2, 0.25) is 0 Å². The van der Waals surface area contributed by atoms with E-state index in [1.807, 2.05) is 19.9 Å². The van der Waals surface area contributed by atoms with Crippen LogP contribution in [0.3, 0.4) is 0 Å². The maximum absolute atomic E-state index is 12.3. The minimum Gasteiger partial charge on any atom is -0.478 e. The number of carbonyl (C=O) groups excluding carboxylic acids is 1. The van der Waals surface area contributed by atoms with E-state index in [2.05, 4.69) is 12.2 Å². The summed E-state index contributed by atoms with van der Waals surface area (Å²) in [6.07, 6.45) is 2.13. The second-order valence-electron chi connectivity index (χ2n) is 5.93. The molecule has 2 amide bonds. The lowest BCUT2D eigenvalue weighted by molar-refractivity contribution is 0.0698. The van der Waals surface area contributed by atoms with Crippen LogP contribution in [-0.2, 0) is 0 Å². The Bertz CT molecular complexity index is 569. The predicted molar refractivity (Wildman–Crippen MR) is 81.9 cm³/mol. The SMILES string of the molecule is Cc1cc(C)c(NC(=O)N2CCCC(C)C2)c(C(=O)O)c1. The molecule has 5 nitrogen and oxygen atoms in total. The molecule has 1 aliphatic heterocycles. The lowest BCUT2D eigenvalue weighted by Crippen LogP contribution is -2.42. The van der Waals surface area contributed by atoms with Crippen molar-refractivity contribution >= 4 is 17.7 Å². The van der Waals surface area contributed by atoms with Crippen LogP contribution in [0.25, 0.3) is 0 Å². The number of carbonyl (C=O) groups is 2. The van der Waals surface area contributed by atoms with Gasteiger partial charge in [0.15, 0.2) is 0 Å². The van der Waals surface area contributed by atoms with Crippen LogP contribution in [0.4, 0.5) is 10.5 Å². The third-order valence-corrected chi connectivity index (χ3v) is 3.89. The van der Waals surface area contributed by atoms with Gasteiger partial charge in [-0.25, -0.2) is 9.59 Å². The van der Waals surface area contributed by atoms with E-state index in [1.54, 1.807) is 11.0 Å². The van der Waals surface area contributed by atoms with Gasteiger partial charge in [-0.3, -0.25) is 0 Å². The standard InChI is InChI=1S/C16H22N2O3/c1-10-5-4-6-18(9-10)16(21)17-14-12(3)7-11(2)8-13(14)15(19)20/h7-8,10H,4-6,9H2,1-3H3,(H,17,21)(H,19,20). The molecule has 0 saturated carbocycles. The van der Waals surface area contributed by atoms with Crippen molar-refractivity contribution in [3.05, 3.63) is 28.8 Å². The predicted octanol–water partition coefficient (Wildman–Crippen LogP) is 3.27. The summed E-state index contributed by atoms with van der Waals surface area (Å²) in [6, 6.07) is 3.25. The summed E-state index contributed by atoms with van der Waals surface area (Å²) in [5.41, 5.74) is 2.18. The number of amides is 2. The molecule has 21 heavy (non-hydrogen) atoms. The molecule has 0 aliphatic carbocycles. The van der Waals surface area contributed by atoms with Gasteiger partial charge in [-0.2, -0.15) is 0 Å². The first-order valence-electron chi connectivity index (χ1n) is 7.29. The number of rotatable bonds is 2. The van der Waals surface area contributed by atoms with Crippen LogP contribution in [0.15, 0.2) is 12.1 Å². The number of carboxylic acid groups (broad SMARTS) is 1. The molecule has 1 aliphatic rings. The highest BCUT2D eigenvalue weighted by atomic mass is 16.4. The van der Waals surface area contributed by atoms with Gasteiger partial charge >= 0.3 is 12.0 Å². The van der Waals surface area contributed by atoms with Gasteiger partial charge in [-0.1, -0.05) is 13.0 Å². The van der Waals surface area contributed by atoms with Crippen LogP contribution in [0.1, 0.15) is 41.3 Å². The molecule has 0 aromatic heterocycles. The normalized spacial score (nSPS) is 18.4. The summed E-state index contributed by atoms with van der Waals surface area (Å²) in [7, 11) is 0. The van der Waals surface area contributed by atoms with Gasteiger partial charge in [0.25, 0.3) is 0 Å². The Morgan fingerprint density at radius 2 is 2.05 bits per heavy atom. The number of nitrogens with one attached hydrogen (secondary N) is 1. The Morgan fingerprint density at radius 3 is 2.67 bits per heavy atom. The van der Waals surface area contributed by atoms with Gasteiger partial charge in [-0.15, -0.1) is 0 Å². The molecule has 1 unspecified atom stereocenters. The molecule has 1 atom stereocenters. The molecule has 114 valence electrons. The molecular formula is C16H22N2O3. The maximum atomic E-state index is 12.3. The first-order chi connectivity index (χ1) is 9.88. The van der Waals surface area contributed by atoms with Gasteiger partial charge in [0.05, 0.1) is 11.3 Å². The number of aryl methyl sites for hydroxylation is 2. The molecule has 1 saturated heterocycles. The van der Waals surface area contributed by atoms with E-state index in [1.165, 1.54) is 0 Å². The van der Waals surface area contributed by atoms with Gasteiger partial charge in [0.2, 0.25) is 0 Å². The fourth-order valence-electron chi connectivity index (χ4n) is 2.86. The lowest BCUT2D eigenvalue weighted by Gasteiger charge is -2.31. The molecule has 2 N–H and O–H groups in total. The zero-order chi connectivity index (χ0) is 15.6. The third kappa shape index (κ3) is 3.54. The van der Waals surface area contributed by atoms with Crippen LogP contribution in [-0.4, -0.2) is 35.1 Å². The number of nitrogens with zero attached hydrogens (tertiary/aromatic N) is 1. The highest BCUT2D eigenvalue weighted by Crippen LogP contribution is 2.24. The summed E-state index contributed by atoms with van der Waals surface area (Å²) >= 11 is 0. The van der Waals surface area contributed by atoms with Crippen molar-refractivity contribution in [2.24, 2.45) is 5.92 Å². The summed E-state index contributed by atoms with van der Waals surface area (Å²) in [6.45, 7) is 7.23. The maximum Gasteiger partial charge on any atom is 0.337 e. The molecule has 0 radical (unpaired) electrons. The van der Waals surface area contributed by atoms with Crippen LogP contribution < -0.4 is 5.32 Å². The van der Waals surface area contributed by atoms with Crippen molar-refractivity contribution < 1.29 is 14.7 Å². The van der Waals surface area contributed by atoms with Crippen LogP contribution in [0, 0.1) is 19.8 Å². The van der Waals surface area contributed by atoms with E-state index in [4.69, 9.17) is 0 Å². The van der Waals surface area contributed by atoms with Gasteiger partial charge < -0.3 is 15.3 Å². The molecule has 1 aromatic rings. The van der Waals surface area contributed by atoms with Gasteiger partial charge in [0, 0.05) is 13.1 Å². The summed E-state index contributed by atoms with van der Waals surface area (Å²) in [4.78, 5) is 25.5. The van der Waals surface area contributed by atoms with Crippen LogP contribution >= 0.6 is 0 Å². The molecule has 2 rings (SSSR count). The first-order valence-corrected chi connectivity index (χ1v) is 7.29. The van der Waals surface area contributed by atoms with Gasteiger partial charge in [-0.05, 0) is 49.8 Å². The molecule has 1 heterocycles. The van der Waals surface area contributed by atoms with E-state index in [-0.39, 0.29) is 11.6 Å². The Labute approximate surface area is 125 Å². The average Bonchev–Trinajstić information content (AvgIpc) is 2.41. The Hall–Kier alpha value is -2.04. The monoisotopic (exact) mass is 290 g/mol. The van der Waals surface area contributed by atoms with Crippen molar-refractivity contribution in [3.8, 4) is 0 Å². The number of carboxylic acids is 1. The fraction of sp³-hybridized carbons (Fsp3) is 0.500. The Kier molecular flexibility index (Phi) is 4.50. The van der Waals surface area contributed by atoms with Gasteiger partial charge in [0.1, 0.15) is 0 Å². The molecule has 0 bridgehead atoms. The van der Waals surface area contributed by atoms with Crippen molar-refractivity contribution in [2.45, 2.75) is 33.6 Å². The average molecular weight is 290 g/mol. The first kappa shape index (κ1) is 15.4. The van der Waals surface area contributed by atoms with E-state index in [0.29, 0.717) is 11.6 Å². The van der Waals surface area contributed by atoms with E-state index >= 15 is 0 Å². The highest BCUT2D eigenvalue weighted by molar-refractivity contribution is 6.01. The number of likely N-dealkylation sites (tertiary alicyclic amines) is 1. The smallest absolute Gasteiger partial charge is 0.337 e. The van der Waals surface area contributed by atoms with E-state index in [0.717, 1.165) is 37.1 Å².